The number of ether oxygens (including phenoxy) is 2. The van der Waals surface area contributed by atoms with E-state index in [1.165, 1.54) is 0 Å². The fourth-order valence-electron chi connectivity index (χ4n) is 1.43. The van der Waals surface area contributed by atoms with E-state index in [1.807, 2.05) is 0 Å². The Bertz CT molecular complexity index is 145. The van der Waals surface area contributed by atoms with Gasteiger partial charge in [0.15, 0.2) is 6.29 Å². The molecule has 0 spiro atoms. The first-order valence-electron chi connectivity index (χ1n) is 3.59. The highest BCUT2D eigenvalue weighted by molar-refractivity contribution is 4.95. The van der Waals surface area contributed by atoms with Crippen LogP contribution in [-0.4, -0.2) is 47.5 Å². The highest BCUT2D eigenvalue weighted by Gasteiger charge is 2.47. The lowest BCUT2D eigenvalue weighted by Crippen LogP contribution is -2.58. The highest BCUT2D eigenvalue weighted by atomic mass is 16.7. The molecule has 2 saturated heterocycles. The van der Waals surface area contributed by atoms with Crippen LogP contribution in [0.25, 0.3) is 0 Å². The molecular weight excluding hydrogens is 150 g/mol. The molecule has 0 aromatic carbocycles. The molecule has 11 heavy (non-hydrogen) atoms. The first kappa shape index (κ1) is 7.45. The maximum Gasteiger partial charge on any atom is 0.185 e. The molecule has 0 unspecified atom stereocenters. The van der Waals surface area contributed by atoms with Crippen LogP contribution >= 0.6 is 0 Å². The van der Waals surface area contributed by atoms with Crippen LogP contribution < -0.4 is 5.73 Å². The van der Waals surface area contributed by atoms with Crippen molar-refractivity contribution >= 4 is 0 Å². The van der Waals surface area contributed by atoms with E-state index >= 15 is 0 Å². The molecule has 0 aliphatic carbocycles. The number of nitrogens with two attached hydrogens (primary N) is 1. The van der Waals surface area contributed by atoms with Gasteiger partial charge < -0.3 is 25.4 Å². The third kappa shape index (κ3) is 0.969. The van der Waals surface area contributed by atoms with Gasteiger partial charge in [-0.05, 0) is 0 Å². The van der Waals surface area contributed by atoms with E-state index in [-0.39, 0.29) is 6.10 Å². The summed E-state index contributed by atoms with van der Waals surface area (Å²) in [7, 11) is 0. The van der Waals surface area contributed by atoms with E-state index in [0.717, 1.165) is 0 Å². The van der Waals surface area contributed by atoms with Crippen LogP contribution in [0.5, 0.6) is 0 Å². The number of fused-ring (bicyclic) bond motifs is 2. The van der Waals surface area contributed by atoms with E-state index in [9.17, 15) is 10.2 Å². The zero-order valence-corrected chi connectivity index (χ0v) is 5.88. The first-order chi connectivity index (χ1) is 5.20. The fraction of sp³-hybridized carbons (Fsp3) is 1.00. The van der Waals surface area contributed by atoms with Crippen LogP contribution in [0.15, 0.2) is 0 Å². The minimum absolute atomic E-state index is 0.316. The van der Waals surface area contributed by atoms with Gasteiger partial charge in [-0.1, -0.05) is 0 Å². The van der Waals surface area contributed by atoms with Crippen molar-refractivity contribution < 1.29 is 19.7 Å². The predicted octanol–water partition coefficient (Wildman–Crippen LogP) is -2.21. The van der Waals surface area contributed by atoms with Crippen molar-refractivity contribution in [2.75, 3.05) is 6.61 Å². The van der Waals surface area contributed by atoms with Crippen LogP contribution in [0.3, 0.4) is 0 Å². The molecular formula is C6H11NO4. The van der Waals surface area contributed by atoms with Crippen LogP contribution in [0.2, 0.25) is 0 Å². The van der Waals surface area contributed by atoms with Gasteiger partial charge in [-0.3, -0.25) is 0 Å². The lowest BCUT2D eigenvalue weighted by atomic mass is 9.99. The number of hydrogen-bond donors (Lipinski definition) is 3. The molecule has 2 fully saturated rings. The maximum atomic E-state index is 9.34. The van der Waals surface area contributed by atoms with Gasteiger partial charge in [0.2, 0.25) is 0 Å². The summed E-state index contributed by atoms with van der Waals surface area (Å²) in [6.45, 7) is 0.316. The van der Waals surface area contributed by atoms with Crippen LogP contribution in [0.4, 0.5) is 0 Å². The molecule has 64 valence electrons. The summed E-state index contributed by atoms with van der Waals surface area (Å²) >= 11 is 0. The first-order valence-corrected chi connectivity index (χ1v) is 3.59. The molecule has 0 aromatic heterocycles. The molecule has 0 saturated carbocycles. The second kappa shape index (κ2) is 2.40. The Labute approximate surface area is 63.7 Å². The van der Waals surface area contributed by atoms with Gasteiger partial charge >= 0.3 is 0 Å². The second-order valence-electron chi connectivity index (χ2n) is 2.93. The van der Waals surface area contributed by atoms with Crippen molar-refractivity contribution in [3.63, 3.8) is 0 Å². The molecule has 2 bridgehead atoms. The Morgan fingerprint density at radius 1 is 1.27 bits per heavy atom. The van der Waals surface area contributed by atoms with Crippen LogP contribution in [0.1, 0.15) is 0 Å². The van der Waals surface area contributed by atoms with Crippen LogP contribution in [0, 0.1) is 0 Å². The second-order valence-corrected chi connectivity index (χ2v) is 2.93. The molecule has 2 heterocycles. The number of aliphatic hydroxyl groups excluding tert-OH is 2. The van der Waals surface area contributed by atoms with Crippen molar-refractivity contribution in [2.45, 2.75) is 30.6 Å². The van der Waals surface area contributed by atoms with E-state index in [2.05, 4.69) is 0 Å². The summed E-state index contributed by atoms with van der Waals surface area (Å²) in [5.41, 5.74) is 5.48. The molecule has 0 radical (unpaired) electrons. The average Bonchev–Trinajstić information content (AvgIpc) is 2.44. The van der Waals surface area contributed by atoms with Gasteiger partial charge in [0.1, 0.15) is 18.3 Å². The monoisotopic (exact) mass is 161 g/mol. The van der Waals surface area contributed by atoms with E-state index < -0.39 is 24.5 Å². The molecule has 2 rings (SSSR count). The summed E-state index contributed by atoms with van der Waals surface area (Å²) in [5, 5.41) is 18.6. The third-order valence-corrected chi connectivity index (χ3v) is 2.18. The predicted molar refractivity (Wildman–Crippen MR) is 34.6 cm³/mol. The van der Waals surface area contributed by atoms with Gasteiger partial charge in [-0.2, -0.15) is 0 Å². The van der Waals surface area contributed by atoms with E-state index in [0.29, 0.717) is 6.61 Å². The molecule has 4 N–H and O–H groups in total. The number of rotatable bonds is 0. The van der Waals surface area contributed by atoms with Crippen LogP contribution in [-0.2, 0) is 9.47 Å². The lowest BCUT2D eigenvalue weighted by Gasteiger charge is -2.33. The summed E-state index contributed by atoms with van der Waals surface area (Å²) in [6, 6.07) is -0.652. The minimum Gasteiger partial charge on any atom is -0.389 e. The zero-order valence-electron chi connectivity index (χ0n) is 5.88. The third-order valence-electron chi connectivity index (χ3n) is 2.18. The standard InChI is InChI=1S/C6H11NO4/c7-3-4(8)2-1-10-6(11-2)5(3)9/h2-6,8-9H,1,7H2/t2-,3+,4-,5-,6-/m1/s1. The molecule has 2 aliphatic heterocycles. The van der Waals surface area contributed by atoms with Gasteiger partial charge in [-0.25, -0.2) is 0 Å². The smallest absolute Gasteiger partial charge is 0.185 e. The Morgan fingerprint density at radius 3 is 2.73 bits per heavy atom. The van der Waals surface area contributed by atoms with Gasteiger partial charge in [-0.15, -0.1) is 0 Å². The Hall–Kier alpha value is -0.200. The molecule has 5 atom stereocenters. The van der Waals surface area contributed by atoms with Gasteiger partial charge in [0.25, 0.3) is 0 Å². The normalized spacial score (nSPS) is 56.5. The van der Waals surface area contributed by atoms with E-state index in [1.54, 1.807) is 0 Å². The Morgan fingerprint density at radius 2 is 2.00 bits per heavy atom. The van der Waals surface area contributed by atoms with Crippen molar-refractivity contribution in [2.24, 2.45) is 5.73 Å². The Balaban J connectivity index is 2.16. The summed E-state index contributed by atoms with van der Waals surface area (Å²) in [4.78, 5) is 0. The van der Waals surface area contributed by atoms with Crippen molar-refractivity contribution in [3.05, 3.63) is 0 Å². The number of aliphatic hydroxyl groups is 2. The Kier molecular flexibility index (Phi) is 1.62. The zero-order chi connectivity index (χ0) is 8.01. The number of hydrogen-bond acceptors (Lipinski definition) is 5. The van der Waals surface area contributed by atoms with Crippen molar-refractivity contribution in [1.29, 1.82) is 0 Å². The minimum atomic E-state index is -0.913. The molecule has 0 aromatic rings. The van der Waals surface area contributed by atoms with Gasteiger partial charge in [0, 0.05) is 0 Å². The highest BCUT2D eigenvalue weighted by Crippen LogP contribution is 2.26. The van der Waals surface area contributed by atoms with Crippen molar-refractivity contribution in [1.82, 2.24) is 0 Å². The van der Waals surface area contributed by atoms with E-state index in [4.69, 9.17) is 15.2 Å². The fourth-order valence-corrected chi connectivity index (χ4v) is 1.43. The largest absolute Gasteiger partial charge is 0.389 e. The lowest BCUT2D eigenvalue weighted by molar-refractivity contribution is -0.189. The SMILES string of the molecule is N[C@@H]1[C@@H](O)[C@@H]2OC[C@@H](O2)[C@H]1O. The molecule has 5 nitrogen and oxygen atoms in total. The van der Waals surface area contributed by atoms with Gasteiger partial charge in [0.05, 0.1) is 12.6 Å². The summed E-state index contributed by atoms with van der Waals surface area (Å²) in [5.74, 6) is 0. The molecule has 5 heteroatoms. The van der Waals surface area contributed by atoms with Crippen molar-refractivity contribution in [3.8, 4) is 0 Å². The quantitative estimate of drug-likeness (QED) is 0.375. The average molecular weight is 161 g/mol. The summed E-state index contributed by atoms with van der Waals surface area (Å²) < 4.78 is 10.1. The molecule has 0 amide bonds. The maximum absolute atomic E-state index is 9.34. The summed E-state index contributed by atoms with van der Waals surface area (Å²) in [6.07, 6.45) is -2.73. The molecule has 2 aliphatic rings. The topological polar surface area (TPSA) is 84.9 Å².